The number of benzene rings is 1. The van der Waals surface area contributed by atoms with E-state index in [1.54, 1.807) is 7.11 Å². The van der Waals surface area contributed by atoms with Gasteiger partial charge < -0.3 is 15.2 Å². The summed E-state index contributed by atoms with van der Waals surface area (Å²) in [5.74, 6) is 3.75. The average molecular weight is 283 g/mol. The summed E-state index contributed by atoms with van der Waals surface area (Å²) in [7, 11) is 1.67. The summed E-state index contributed by atoms with van der Waals surface area (Å²) in [5.41, 5.74) is 7.18. The lowest BCUT2D eigenvalue weighted by molar-refractivity contribution is 0.309. The highest BCUT2D eigenvalue weighted by molar-refractivity contribution is 7.99. The molecule has 1 aromatic carbocycles. The number of para-hydroxylation sites is 1. The van der Waals surface area contributed by atoms with Crippen molar-refractivity contribution in [1.82, 2.24) is 0 Å². The molecule has 0 aliphatic heterocycles. The zero-order valence-electron chi connectivity index (χ0n) is 12.1. The van der Waals surface area contributed by atoms with Crippen LogP contribution in [0.2, 0.25) is 0 Å². The summed E-state index contributed by atoms with van der Waals surface area (Å²) < 4.78 is 11.3. The van der Waals surface area contributed by atoms with Crippen molar-refractivity contribution in [1.29, 1.82) is 0 Å². The first kappa shape index (κ1) is 16.2. The summed E-state index contributed by atoms with van der Waals surface area (Å²) in [6, 6.07) is 6.16. The normalized spacial score (nSPS) is 12.2. The van der Waals surface area contributed by atoms with Gasteiger partial charge in [-0.05, 0) is 30.2 Å². The van der Waals surface area contributed by atoms with Crippen LogP contribution in [0.5, 0.6) is 11.5 Å². The Kier molecular flexibility index (Phi) is 7.75. The van der Waals surface area contributed by atoms with Crippen LogP contribution in [0.1, 0.15) is 25.8 Å². The number of thioether (sulfide) groups is 1. The zero-order valence-corrected chi connectivity index (χ0v) is 13.0. The molecule has 0 fully saturated rings. The molecule has 0 saturated heterocycles. The second kappa shape index (κ2) is 9.10. The fourth-order valence-electron chi connectivity index (χ4n) is 1.82. The average Bonchev–Trinajstić information content (AvgIpc) is 2.44. The predicted molar refractivity (Wildman–Crippen MR) is 83.5 cm³/mol. The van der Waals surface area contributed by atoms with Crippen molar-refractivity contribution in [3.63, 3.8) is 0 Å². The molecule has 19 heavy (non-hydrogen) atoms. The van der Waals surface area contributed by atoms with Crippen LogP contribution in [-0.2, 0) is 6.42 Å². The van der Waals surface area contributed by atoms with E-state index in [2.05, 4.69) is 19.9 Å². The van der Waals surface area contributed by atoms with E-state index in [9.17, 15) is 0 Å². The first-order valence-corrected chi connectivity index (χ1v) is 8.00. The Morgan fingerprint density at radius 1 is 1.32 bits per heavy atom. The number of hydrogen-bond acceptors (Lipinski definition) is 4. The van der Waals surface area contributed by atoms with Gasteiger partial charge in [0.25, 0.3) is 0 Å². The van der Waals surface area contributed by atoms with Crippen LogP contribution in [-0.4, -0.2) is 31.3 Å². The van der Waals surface area contributed by atoms with E-state index in [4.69, 9.17) is 15.2 Å². The van der Waals surface area contributed by atoms with Gasteiger partial charge >= 0.3 is 0 Å². The predicted octanol–water partition coefficient (Wildman–Crippen LogP) is 3.11. The van der Waals surface area contributed by atoms with Gasteiger partial charge in [0.1, 0.15) is 0 Å². The summed E-state index contributed by atoms with van der Waals surface area (Å²) in [5, 5.41) is 0. The van der Waals surface area contributed by atoms with E-state index in [1.165, 1.54) is 0 Å². The van der Waals surface area contributed by atoms with Crippen molar-refractivity contribution in [2.24, 2.45) is 5.73 Å². The Morgan fingerprint density at radius 3 is 2.74 bits per heavy atom. The molecule has 0 radical (unpaired) electrons. The maximum absolute atomic E-state index is 6.04. The number of nitrogens with two attached hydrogens (primary N) is 1. The van der Waals surface area contributed by atoms with Crippen LogP contribution in [0.3, 0.4) is 0 Å². The monoisotopic (exact) mass is 283 g/mol. The van der Waals surface area contributed by atoms with Crippen LogP contribution in [0.4, 0.5) is 0 Å². The maximum atomic E-state index is 6.04. The lowest BCUT2D eigenvalue weighted by Crippen LogP contribution is -2.22. The van der Waals surface area contributed by atoms with Crippen molar-refractivity contribution in [2.75, 3.05) is 25.2 Å². The second-order valence-electron chi connectivity index (χ2n) is 4.37. The number of hydrogen-bond donors (Lipinski definition) is 1. The SMILES string of the molecule is CCSCCOc1c(CC(N)CC)cccc1OC. The molecule has 108 valence electrons. The van der Waals surface area contributed by atoms with Crippen LogP contribution >= 0.6 is 11.8 Å². The molecule has 0 amide bonds. The van der Waals surface area contributed by atoms with Crippen LogP contribution in [0.25, 0.3) is 0 Å². The van der Waals surface area contributed by atoms with Gasteiger partial charge in [0.2, 0.25) is 0 Å². The van der Waals surface area contributed by atoms with Gasteiger partial charge in [0, 0.05) is 11.8 Å². The molecular formula is C15H25NO2S. The van der Waals surface area contributed by atoms with Gasteiger partial charge in [-0.3, -0.25) is 0 Å². The summed E-state index contributed by atoms with van der Waals surface area (Å²) in [4.78, 5) is 0. The van der Waals surface area contributed by atoms with Gasteiger partial charge in [-0.2, -0.15) is 11.8 Å². The standard InChI is InChI=1S/C15H25NO2S/c1-4-13(16)11-12-7-6-8-14(17-3)15(12)18-9-10-19-5-2/h6-8,13H,4-5,9-11,16H2,1-3H3. The molecule has 1 aromatic rings. The fourth-order valence-corrected chi connectivity index (χ4v) is 2.31. The second-order valence-corrected chi connectivity index (χ2v) is 5.76. The smallest absolute Gasteiger partial charge is 0.164 e. The van der Waals surface area contributed by atoms with Crippen molar-refractivity contribution in [3.8, 4) is 11.5 Å². The minimum atomic E-state index is 0.166. The molecule has 0 bridgehead atoms. The highest BCUT2D eigenvalue weighted by Crippen LogP contribution is 2.32. The Balaban J connectivity index is 2.77. The van der Waals surface area contributed by atoms with Gasteiger partial charge in [-0.1, -0.05) is 26.0 Å². The zero-order chi connectivity index (χ0) is 14.1. The van der Waals surface area contributed by atoms with Crippen LogP contribution < -0.4 is 15.2 Å². The Morgan fingerprint density at radius 2 is 2.11 bits per heavy atom. The van der Waals surface area contributed by atoms with Crippen molar-refractivity contribution < 1.29 is 9.47 Å². The highest BCUT2D eigenvalue weighted by atomic mass is 32.2. The van der Waals surface area contributed by atoms with Gasteiger partial charge in [0.05, 0.1) is 13.7 Å². The summed E-state index contributed by atoms with van der Waals surface area (Å²) >= 11 is 1.87. The topological polar surface area (TPSA) is 44.5 Å². The van der Waals surface area contributed by atoms with E-state index in [-0.39, 0.29) is 6.04 Å². The molecular weight excluding hydrogens is 258 g/mol. The summed E-state index contributed by atoms with van der Waals surface area (Å²) in [6.07, 6.45) is 1.78. The molecule has 0 heterocycles. The third-order valence-corrected chi connectivity index (χ3v) is 3.83. The third kappa shape index (κ3) is 5.33. The lowest BCUT2D eigenvalue weighted by Gasteiger charge is -2.17. The Hall–Kier alpha value is -0.870. The van der Waals surface area contributed by atoms with Crippen molar-refractivity contribution >= 4 is 11.8 Å². The molecule has 4 heteroatoms. The van der Waals surface area contributed by atoms with Crippen molar-refractivity contribution in [3.05, 3.63) is 23.8 Å². The van der Waals surface area contributed by atoms with Gasteiger partial charge in [-0.15, -0.1) is 0 Å². The van der Waals surface area contributed by atoms with Gasteiger partial charge in [-0.25, -0.2) is 0 Å². The maximum Gasteiger partial charge on any atom is 0.164 e. The quantitative estimate of drug-likeness (QED) is 0.707. The number of methoxy groups -OCH3 is 1. The molecule has 0 saturated carbocycles. The third-order valence-electron chi connectivity index (χ3n) is 2.97. The molecule has 2 N–H and O–H groups in total. The van der Waals surface area contributed by atoms with E-state index in [1.807, 2.05) is 23.9 Å². The van der Waals surface area contributed by atoms with E-state index in [0.717, 1.165) is 41.4 Å². The molecule has 1 unspecified atom stereocenters. The minimum Gasteiger partial charge on any atom is -0.493 e. The van der Waals surface area contributed by atoms with Crippen LogP contribution in [0, 0.1) is 0 Å². The van der Waals surface area contributed by atoms with Crippen LogP contribution in [0.15, 0.2) is 18.2 Å². The van der Waals surface area contributed by atoms with E-state index in [0.29, 0.717) is 6.61 Å². The Bertz CT molecular complexity index is 371. The molecule has 3 nitrogen and oxygen atoms in total. The van der Waals surface area contributed by atoms with E-state index < -0.39 is 0 Å². The Labute approximate surface area is 120 Å². The first-order chi connectivity index (χ1) is 9.22. The highest BCUT2D eigenvalue weighted by Gasteiger charge is 2.12. The molecule has 1 atom stereocenters. The first-order valence-electron chi connectivity index (χ1n) is 6.84. The number of rotatable bonds is 9. The minimum absolute atomic E-state index is 0.166. The molecule has 0 aliphatic carbocycles. The van der Waals surface area contributed by atoms with E-state index >= 15 is 0 Å². The molecule has 0 aliphatic rings. The number of ether oxygens (including phenoxy) is 2. The lowest BCUT2D eigenvalue weighted by atomic mass is 10.0. The van der Waals surface area contributed by atoms with Gasteiger partial charge in [0.15, 0.2) is 11.5 Å². The largest absolute Gasteiger partial charge is 0.493 e. The summed E-state index contributed by atoms with van der Waals surface area (Å²) in [6.45, 7) is 4.95. The molecule has 1 rings (SSSR count). The molecule has 0 aromatic heterocycles. The fraction of sp³-hybridized carbons (Fsp3) is 0.600. The molecule has 0 spiro atoms. The van der Waals surface area contributed by atoms with Crippen molar-refractivity contribution in [2.45, 2.75) is 32.7 Å².